The van der Waals surface area contributed by atoms with Crippen molar-refractivity contribution in [2.45, 2.75) is 51.1 Å². The topological polar surface area (TPSA) is 86.8 Å². The number of hydrogen-bond acceptors (Lipinski definition) is 4. The molecule has 0 aromatic heterocycles. The van der Waals surface area contributed by atoms with Crippen LogP contribution in [-0.4, -0.2) is 44.3 Å². The Morgan fingerprint density at radius 3 is 2.09 bits per heavy atom. The smallest absolute Gasteiger partial charge is 0.264 e. The summed E-state index contributed by atoms with van der Waals surface area (Å²) in [4.78, 5) is 30.1. The lowest BCUT2D eigenvalue weighted by molar-refractivity contribution is -0.140. The standard InChI is InChI=1S/C36H40BrN3O4S/c1-4-30-17-11-12-21-33(30)40(45(43,44)32-19-9-6-10-20-32)26-35(41)39(25-29-16-13-18-31(37)22-29)34(36(42)38-24-27(2)3)23-28-14-7-5-8-15-28/h5-22,27,34H,4,23-26H2,1-3H3,(H,38,42)/t34-/m0/s1. The van der Waals surface area contributed by atoms with Gasteiger partial charge in [-0.15, -0.1) is 0 Å². The van der Waals surface area contributed by atoms with Gasteiger partial charge in [0.1, 0.15) is 12.6 Å². The summed E-state index contributed by atoms with van der Waals surface area (Å²) in [5.74, 6) is -0.569. The van der Waals surface area contributed by atoms with Crippen molar-refractivity contribution in [3.8, 4) is 0 Å². The lowest BCUT2D eigenvalue weighted by Crippen LogP contribution is -2.53. The van der Waals surface area contributed by atoms with Gasteiger partial charge in [-0.2, -0.15) is 0 Å². The van der Waals surface area contributed by atoms with E-state index >= 15 is 0 Å². The molecule has 0 spiro atoms. The first-order valence-corrected chi connectivity index (χ1v) is 17.3. The number of carbonyl (C=O) groups is 2. The van der Waals surface area contributed by atoms with E-state index in [-0.39, 0.29) is 29.7 Å². The fraction of sp³-hybridized carbons (Fsp3) is 0.278. The summed E-state index contributed by atoms with van der Waals surface area (Å²) in [5, 5.41) is 3.02. The minimum absolute atomic E-state index is 0.0813. The number of halogens is 1. The molecule has 0 unspecified atom stereocenters. The Morgan fingerprint density at radius 2 is 1.44 bits per heavy atom. The first kappa shape index (κ1) is 33.9. The molecule has 0 heterocycles. The summed E-state index contributed by atoms with van der Waals surface area (Å²) in [5.41, 5.74) is 2.92. The second kappa shape index (κ2) is 15.9. The highest BCUT2D eigenvalue weighted by atomic mass is 79.9. The van der Waals surface area contributed by atoms with Crippen LogP contribution in [0.25, 0.3) is 0 Å². The van der Waals surface area contributed by atoms with Crippen LogP contribution in [0.15, 0.2) is 119 Å². The molecule has 4 aromatic rings. The van der Waals surface area contributed by atoms with E-state index in [1.165, 1.54) is 21.3 Å². The number of benzene rings is 4. The van der Waals surface area contributed by atoms with Gasteiger partial charge in [0, 0.05) is 24.0 Å². The molecule has 0 radical (unpaired) electrons. The Labute approximate surface area is 275 Å². The molecule has 2 amide bonds. The van der Waals surface area contributed by atoms with Crippen molar-refractivity contribution in [1.82, 2.24) is 10.2 Å². The van der Waals surface area contributed by atoms with Crippen molar-refractivity contribution in [2.24, 2.45) is 5.92 Å². The molecule has 4 aromatic carbocycles. The SMILES string of the molecule is CCc1ccccc1N(CC(=O)N(Cc1cccc(Br)c1)[C@@H](Cc1ccccc1)C(=O)NCC(C)C)S(=O)(=O)c1ccccc1. The van der Waals surface area contributed by atoms with E-state index in [0.717, 1.165) is 21.2 Å². The predicted octanol–water partition coefficient (Wildman–Crippen LogP) is 6.62. The maximum Gasteiger partial charge on any atom is 0.264 e. The van der Waals surface area contributed by atoms with Crippen molar-refractivity contribution in [3.05, 3.63) is 130 Å². The fourth-order valence-electron chi connectivity index (χ4n) is 5.09. The van der Waals surface area contributed by atoms with Crippen LogP contribution in [0.4, 0.5) is 5.69 Å². The Kier molecular flexibility index (Phi) is 12.0. The average molecular weight is 691 g/mol. The van der Waals surface area contributed by atoms with Crippen molar-refractivity contribution in [3.63, 3.8) is 0 Å². The molecule has 9 heteroatoms. The van der Waals surface area contributed by atoms with Gasteiger partial charge in [0.05, 0.1) is 10.6 Å². The molecular weight excluding hydrogens is 650 g/mol. The number of amides is 2. The van der Waals surface area contributed by atoms with Crippen LogP contribution in [0.2, 0.25) is 0 Å². The van der Waals surface area contributed by atoms with Gasteiger partial charge >= 0.3 is 0 Å². The van der Waals surface area contributed by atoms with Gasteiger partial charge in [-0.3, -0.25) is 13.9 Å². The van der Waals surface area contributed by atoms with Gasteiger partial charge in [-0.05, 0) is 59.4 Å². The molecular formula is C36H40BrN3O4S. The van der Waals surface area contributed by atoms with Crippen LogP contribution in [0.5, 0.6) is 0 Å². The van der Waals surface area contributed by atoms with Crippen molar-refractivity contribution in [1.29, 1.82) is 0 Å². The molecule has 4 rings (SSSR count). The van der Waals surface area contributed by atoms with Gasteiger partial charge in [-0.1, -0.05) is 116 Å². The van der Waals surface area contributed by atoms with Gasteiger partial charge in [-0.25, -0.2) is 8.42 Å². The quantitative estimate of drug-likeness (QED) is 0.161. The molecule has 0 aliphatic heterocycles. The predicted molar refractivity (Wildman–Crippen MR) is 183 cm³/mol. The lowest BCUT2D eigenvalue weighted by Gasteiger charge is -2.34. The molecule has 0 fully saturated rings. The van der Waals surface area contributed by atoms with E-state index in [1.807, 2.05) is 87.5 Å². The number of rotatable bonds is 14. The van der Waals surface area contributed by atoms with Crippen molar-refractivity contribution in [2.75, 3.05) is 17.4 Å². The molecule has 1 N–H and O–H groups in total. The molecule has 0 saturated carbocycles. The van der Waals surface area contributed by atoms with Crippen LogP contribution >= 0.6 is 15.9 Å². The molecule has 1 atom stereocenters. The van der Waals surface area contributed by atoms with E-state index in [1.54, 1.807) is 30.3 Å². The van der Waals surface area contributed by atoms with Crippen LogP contribution in [0.1, 0.15) is 37.5 Å². The highest BCUT2D eigenvalue weighted by Gasteiger charge is 2.35. The number of nitrogens with one attached hydrogen (secondary N) is 1. The summed E-state index contributed by atoms with van der Waals surface area (Å²) in [6.45, 7) is 6.04. The number of aryl methyl sites for hydroxylation is 1. The highest BCUT2D eigenvalue weighted by Crippen LogP contribution is 2.28. The summed E-state index contributed by atoms with van der Waals surface area (Å²) in [6, 6.07) is 31.5. The molecule has 7 nitrogen and oxygen atoms in total. The zero-order valence-electron chi connectivity index (χ0n) is 25.9. The molecule has 45 heavy (non-hydrogen) atoms. The maximum atomic E-state index is 14.6. The zero-order valence-corrected chi connectivity index (χ0v) is 28.3. The second-order valence-electron chi connectivity index (χ2n) is 11.3. The van der Waals surface area contributed by atoms with Gasteiger partial charge in [0.2, 0.25) is 11.8 Å². The number of hydrogen-bond donors (Lipinski definition) is 1. The van der Waals surface area contributed by atoms with Crippen molar-refractivity contribution >= 4 is 43.5 Å². The summed E-state index contributed by atoms with van der Waals surface area (Å²) >= 11 is 3.52. The van der Waals surface area contributed by atoms with Gasteiger partial charge in [0.25, 0.3) is 10.0 Å². The lowest BCUT2D eigenvalue weighted by atomic mass is 10.0. The van der Waals surface area contributed by atoms with Crippen molar-refractivity contribution < 1.29 is 18.0 Å². The first-order valence-electron chi connectivity index (χ1n) is 15.1. The number of anilines is 1. The largest absolute Gasteiger partial charge is 0.354 e. The van der Waals surface area contributed by atoms with E-state index < -0.39 is 28.5 Å². The van der Waals surface area contributed by atoms with Crippen LogP contribution in [-0.2, 0) is 39.0 Å². The number of carbonyl (C=O) groups excluding carboxylic acids is 2. The van der Waals surface area contributed by atoms with E-state index in [2.05, 4.69) is 21.2 Å². The molecule has 0 saturated heterocycles. The molecule has 0 aliphatic carbocycles. The monoisotopic (exact) mass is 689 g/mol. The van der Waals surface area contributed by atoms with Gasteiger partial charge in [0.15, 0.2) is 0 Å². The van der Waals surface area contributed by atoms with E-state index in [4.69, 9.17) is 0 Å². The summed E-state index contributed by atoms with van der Waals surface area (Å²) in [7, 11) is -4.14. The van der Waals surface area contributed by atoms with Gasteiger partial charge < -0.3 is 10.2 Å². The number of nitrogens with zero attached hydrogens (tertiary/aromatic N) is 2. The third kappa shape index (κ3) is 9.05. The summed E-state index contributed by atoms with van der Waals surface area (Å²) in [6.07, 6.45) is 0.836. The number of sulfonamides is 1. The van der Waals surface area contributed by atoms with Crippen LogP contribution in [0.3, 0.4) is 0 Å². The Balaban J connectivity index is 1.82. The van der Waals surface area contributed by atoms with E-state index in [9.17, 15) is 18.0 Å². The number of para-hydroxylation sites is 1. The van der Waals surface area contributed by atoms with Crippen LogP contribution in [0, 0.1) is 5.92 Å². The normalized spacial score (nSPS) is 12.0. The maximum absolute atomic E-state index is 14.6. The second-order valence-corrected chi connectivity index (χ2v) is 14.1. The third-order valence-corrected chi connectivity index (χ3v) is 9.72. The minimum atomic E-state index is -4.14. The molecule has 0 aliphatic rings. The van der Waals surface area contributed by atoms with E-state index in [0.29, 0.717) is 18.7 Å². The Morgan fingerprint density at radius 1 is 0.822 bits per heavy atom. The molecule has 236 valence electrons. The Bertz CT molecular complexity index is 1680. The fourth-order valence-corrected chi connectivity index (χ4v) is 7.01. The zero-order chi connectivity index (χ0) is 32.4. The first-order chi connectivity index (χ1) is 21.6. The Hall–Kier alpha value is -3.95. The minimum Gasteiger partial charge on any atom is -0.354 e. The third-order valence-electron chi connectivity index (χ3n) is 7.45. The van der Waals surface area contributed by atoms with Crippen LogP contribution < -0.4 is 9.62 Å². The average Bonchev–Trinajstić information content (AvgIpc) is 3.04. The summed E-state index contributed by atoms with van der Waals surface area (Å²) < 4.78 is 30.4. The molecule has 0 bridgehead atoms. The highest BCUT2D eigenvalue weighted by molar-refractivity contribution is 9.10.